The number of hydrogen-bond acceptors (Lipinski definition) is 3. The molecule has 0 spiro atoms. The normalized spacial score (nSPS) is 10.4. The molecule has 0 aliphatic rings. The summed E-state index contributed by atoms with van der Waals surface area (Å²) in [6.45, 7) is 2.07. The van der Waals surface area contributed by atoms with E-state index in [1.165, 1.54) is 11.3 Å². The van der Waals surface area contributed by atoms with Gasteiger partial charge in [-0.3, -0.25) is 4.79 Å². The Kier molecular flexibility index (Phi) is 4.93. The van der Waals surface area contributed by atoms with Crippen LogP contribution in [0.15, 0.2) is 29.6 Å². The molecule has 0 aliphatic carbocycles. The van der Waals surface area contributed by atoms with E-state index < -0.39 is 0 Å². The Labute approximate surface area is 121 Å². The van der Waals surface area contributed by atoms with Crippen molar-refractivity contribution in [1.29, 1.82) is 0 Å². The summed E-state index contributed by atoms with van der Waals surface area (Å²) in [5.74, 6) is 0.341. The molecule has 0 fully saturated rings. The first-order chi connectivity index (χ1) is 9.22. The molecule has 3 nitrogen and oxygen atoms in total. The van der Waals surface area contributed by atoms with Crippen molar-refractivity contribution in [3.05, 3.63) is 45.9 Å². The molecule has 0 saturated heterocycles. The largest absolute Gasteiger partial charge is 0.325 e. The second-order valence-corrected chi connectivity index (χ2v) is 5.31. The van der Waals surface area contributed by atoms with Crippen LogP contribution in [0.5, 0.6) is 0 Å². The van der Waals surface area contributed by atoms with Gasteiger partial charge in [0.1, 0.15) is 5.01 Å². The molecule has 1 N–H and O–H groups in total. The molecule has 2 rings (SSSR count). The molecule has 100 valence electrons. The lowest BCUT2D eigenvalue weighted by Crippen LogP contribution is -2.15. The summed E-state index contributed by atoms with van der Waals surface area (Å²) in [7, 11) is 0. The fraction of sp³-hybridized carbons (Fsp3) is 0.286. The minimum absolute atomic E-state index is 0.0450. The quantitative estimate of drug-likeness (QED) is 0.856. The molecule has 1 aromatic heterocycles. The van der Waals surface area contributed by atoms with Gasteiger partial charge in [0.2, 0.25) is 5.91 Å². The van der Waals surface area contributed by atoms with Crippen LogP contribution in [0.4, 0.5) is 5.69 Å². The summed E-state index contributed by atoms with van der Waals surface area (Å²) in [5.41, 5.74) is 2.84. The molecule has 2 aromatic rings. The Morgan fingerprint density at radius 1 is 1.42 bits per heavy atom. The highest BCUT2D eigenvalue weighted by Crippen LogP contribution is 2.17. The van der Waals surface area contributed by atoms with Crippen molar-refractivity contribution in [3.63, 3.8) is 0 Å². The number of halogens is 1. The second kappa shape index (κ2) is 6.68. The fourth-order valence-electron chi connectivity index (χ4n) is 1.77. The van der Waals surface area contributed by atoms with E-state index in [0.29, 0.717) is 12.3 Å². The molecule has 1 heterocycles. The van der Waals surface area contributed by atoms with Crippen LogP contribution in [-0.2, 0) is 23.5 Å². The number of amides is 1. The molecular weight excluding hydrogens is 280 g/mol. The van der Waals surface area contributed by atoms with Crippen molar-refractivity contribution < 1.29 is 4.79 Å². The Morgan fingerprint density at radius 3 is 2.89 bits per heavy atom. The summed E-state index contributed by atoms with van der Waals surface area (Å²) >= 11 is 7.16. The fourth-order valence-corrected chi connectivity index (χ4v) is 2.79. The van der Waals surface area contributed by atoms with E-state index in [9.17, 15) is 4.79 Å². The molecule has 19 heavy (non-hydrogen) atoms. The van der Waals surface area contributed by atoms with E-state index in [2.05, 4.69) is 17.2 Å². The van der Waals surface area contributed by atoms with Crippen LogP contribution in [-0.4, -0.2) is 10.9 Å². The van der Waals surface area contributed by atoms with Gasteiger partial charge < -0.3 is 5.32 Å². The maximum absolute atomic E-state index is 12.0. The Balaban J connectivity index is 2.01. The summed E-state index contributed by atoms with van der Waals surface area (Å²) in [6, 6.07) is 7.83. The molecule has 5 heteroatoms. The molecule has 0 aliphatic heterocycles. The number of aromatic nitrogens is 1. The molecule has 0 atom stereocenters. The maximum Gasteiger partial charge on any atom is 0.231 e. The molecule has 0 unspecified atom stereocenters. The minimum atomic E-state index is -0.0450. The minimum Gasteiger partial charge on any atom is -0.325 e. The Hall–Kier alpha value is -1.39. The van der Waals surface area contributed by atoms with Gasteiger partial charge >= 0.3 is 0 Å². The number of hydrogen-bond donors (Lipinski definition) is 1. The number of aryl methyl sites for hydroxylation is 1. The smallest absolute Gasteiger partial charge is 0.231 e. The summed E-state index contributed by atoms with van der Waals surface area (Å²) in [4.78, 5) is 16.2. The van der Waals surface area contributed by atoms with E-state index in [4.69, 9.17) is 11.6 Å². The zero-order chi connectivity index (χ0) is 13.7. The third kappa shape index (κ3) is 3.78. The first kappa shape index (κ1) is 14.0. The third-order valence-corrected chi connectivity index (χ3v) is 3.89. The molecule has 0 saturated carbocycles. The van der Waals surface area contributed by atoms with Gasteiger partial charge in [0.05, 0.1) is 18.0 Å². The van der Waals surface area contributed by atoms with Crippen LogP contribution in [0, 0.1) is 0 Å². The Bertz CT molecular complexity index is 568. The van der Waals surface area contributed by atoms with E-state index in [1.807, 2.05) is 29.6 Å². The molecule has 1 aromatic carbocycles. The van der Waals surface area contributed by atoms with Crippen molar-refractivity contribution in [2.75, 3.05) is 5.32 Å². The topological polar surface area (TPSA) is 42.0 Å². The highest BCUT2D eigenvalue weighted by atomic mass is 35.5. The zero-order valence-electron chi connectivity index (χ0n) is 10.6. The van der Waals surface area contributed by atoms with Crippen molar-refractivity contribution in [2.45, 2.75) is 25.6 Å². The van der Waals surface area contributed by atoms with Gasteiger partial charge in [0, 0.05) is 11.1 Å². The highest BCUT2D eigenvalue weighted by Gasteiger charge is 2.09. The van der Waals surface area contributed by atoms with Crippen molar-refractivity contribution in [3.8, 4) is 0 Å². The van der Waals surface area contributed by atoms with E-state index in [0.717, 1.165) is 28.4 Å². The number of carbonyl (C=O) groups excluding carboxylic acids is 1. The standard InChI is InChI=1S/C14H15ClN2OS/c1-2-10-5-3-4-6-12(10)17-13(18)7-14-16-11(8-15)9-19-14/h3-6,9H,2,7-8H2,1H3,(H,17,18). The average Bonchev–Trinajstić information content (AvgIpc) is 2.87. The SMILES string of the molecule is CCc1ccccc1NC(=O)Cc1nc(CCl)cs1. The molecule has 1 amide bonds. The Morgan fingerprint density at radius 2 is 2.21 bits per heavy atom. The zero-order valence-corrected chi connectivity index (χ0v) is 12.2. The number of rotatable bonds is 5. The monoisotopic (exact) mass is 294 g/mol. The van der Waals surface area contributed by atoms with Crippen LogP contribution in [0.2, 0.25) is 0 Å². The predicted molar refractivity (Wildman–Crippen MR) is 79.8 cm³/mol. The van der Waals surface area contributed by atoms with Gasteiger partial charge in [-0.25, -0.2) is 4.98 Å². The average molecular weight is 295 g/mol. The lowest BCUT2D eigenvalue weighted by Gasteiger charge is -2.08. The molecular formula is C14H15ClN2OS. The van der Waals surface area contributed by atoms with Gasteiger partial charge in [-0.1, -0.05) is 25.1 Å². The maximum atomic E-state index is 12.0. The second-order valence-electron chi connectivity index (χ2n) is 4.10. The van der Waals surface area contributed by atoms with E-state index >= 15 is 0 Å². The number of para-hydroxylation sites is 1. The van der Waals surface area contributed by atoms with Crippen LogP contribution in [0.3, 0.4) is 0 Å². The lowest BCUT2D eigenvalue weighted by molar-refractivity contribution is -0.115. The number of nitrogens with zero attached hydrogens (tertiary/aromatic N) is 1. The first-order valence-corrected chi connectivity index (χ1v) is 7.51. The number of nitrogens with one attached hydrogen (secondary N) is 1. The van der Waals surface area contributed by atoms with E-state index in [-0.39, 0.29) is 5.91 Å². The summed E-state index contributed by atoms with van der Waals surface area (Å²) in [5, 5.41) is 5.61. The summed E-state index contributed by atoms with van der Waals surface area (Å²) < 4.78 is 0. The van der Waals surface area contributed by atoms with Crippen molar-refractivity contribution in [2.24, 2.45) is 0 Å². The number of thiazole rings is 1. The van der Waals surface area contributed by atoms with Crippen LogP contribution >= 0.6 is 22.9 Å². The number of carbonyl (C=O) groups is 1. The van der Waals surface area contributed by atoms with Gasteiger partial charge in [-0.05, 0) is 18.1 Å². The van der Waals surface area contributed by atoms with E-state index in [1.54, 1.807) is 0 Å². The van der Waals surface area contributed by atoms with Gasteiger partial charge in [0.15, 0.2) is 0 Å². The third-order valence-electron chi connectivity index (χ3n) is 2.72. The van der Waals surface area contributed by atoms with Crippen molar-refractivity contribution in [1.82, 2.24) is 4.98 Å². The molecule has 0 radical (unpaired) electrons. The predicted octanol–water partition coefficient (Wildman–Crippen LogP) is 3.63. The van der Waals surface area contributed by atoms with Gasteiger partial charge in [-0.2, -0.15) is 0 Å². The lowest BCUT2D eigenvalue weighted by atomic mass is 10.1. The van der Waals surface area contributed by atoms with Crippen LogP contribution in [0.25, 0.3) is 0 Å². The highest BCUT2D eigenvalue weighted by molar-refractivity contribution is 7.09. The number of anilines is 1. The number of alkyl halides is 1. The first-order valence-electron chi connectivity index (χ1n) is 6.10. The van der Waals surface area contributed by atoms with Gasteiger partial charge in [-0.15, -0.1) is 22.9 Å². The van der Waals surface area contributed by atoms with Crippen LogP contribution in [0.1, 0.15) is 23.2 Å². The van der Waals surface area contributed by atoms with Crippen LogP contribution < -0.4 is 5.32 Å². The summed E-state index contributed by atoms with van der Waals surface area (Å²) in [6.07, 6.45) is 1.18. The molecule has 0 bridgehead atoms. The van der Waals surface area contributed by atoms with Crippen molar-refractivity contribution >= 4 is 34.5 Å². The number of benzene rings is 1. The van der Waals surface area contributed by atoms with Gasteiger partial charge in [0.25, 0.3) is 0 Å².